The molecule has 51 heavy (non-hydrogen) atoms. The van der Waals surface area contributed by atoms with Gasteiger partial charge in [-0.15, -0.1) is 11.3 Å². The Labute approximate surface area is 307 Å². The Morgan fingerprint density at radius 2 is 1.27 bits per heavy atom. The molecule has 0 bridgehead atoms. The molecule has 0 saturated carbocycles. The van der Waals surface area contributed by atoms with Gasteiger partial charge in [0, 0.05) is 27.2 Å². The van der Waals surface area contributed by atoms with Gasteiger partial charge in [0.2, 0.25) is 0 Å². The van der Waals surface area contributed by atoms with Gasteiger partial charge in [0.25, 0.3) is 6.71 Å². The molecule has 0 unspecified atom stereocenters. The molecule has 4 nitrogen and oxygen atoms in total. The summed E-state index contributed by atoms with van der Waals surface area (Å²) in [4.78, 5) is 15.2. The normalized spacial score (nSPS) is 16.9. The first kappa shape index (κ1) is 32.5. The minimum atomic E-state index is -0.00852. The van der Waals surface area contributed by atoms with Gasteiger partial charge in [0.15, 0.2) is 0 Å². The van der Waals surface area contributed by atoms with E-state index in [9.17, 15) is 0 Å². The maximum atomic E-state index is 5.21. The highest BCUT2D eigenvalue weighted by molar-refractivity contribution is 7.26. The maximum absolute atomic E-state index is 5.21. The second kappa shape index (κ2) is 10.6. The molecule has 6 heteroatoms. The Balaban J connectivity index is 1.35. The molecular formula is C45H47BN4S. The molecule has 2 aliphatic heterocycles. The summed E-state index contributed by atoms with van der Waals surface area (Å²) < 4.78 is 1.30. The summed E-state index contributed by atoms with van der Waals surface area (Å²) in [6.07, 6.45) is 2.91. The molecule has 4 aromatic carbocycles. The van der Waals surface area contributed by atoms with Crippen molar-refractivity contribution < 1.29 is 0 Å². The van der Waals surface area contributed by atoms with Crippen molar-refractivity contribution in [2.75, 3.05) is 9.80 Å². The Morgan fingerprint density at radius 3 is 1.98 bits per heavy atom. The molecule has 0 fully saturated rings. The van der Waals surface area contributed by atoms with E-state index in [0.717, 1.165) is 23.7 Å². The summed E-state index contributed by atoms with van der Waals surface area (Å²) in [5.41, 5.74) is 13.1. The van der Waals surface area contributed by atoms with Crippen LogP contribution in [0.25, 0.3) is 10.1 Å². The highest BCUT2D eigenvalue weighted by Crippen LogP contribution is 2.52. The first-order chi connectivity index (χ1) is 24.0. The first-order valence-electron chi connectivity index (χ1n) is 18.4. The van der Waals surface area contributed by atoms with Crippen molar-refractivity contribution in [3.05, 3.63) is 114 Å². The van der Waals surface area contributed by atoms with Gasteiger partial charge < -0.3 is 0 Å². The quantitative estimate of drug-likeness (QED) is 0.170. The monoisotopic (exact) mass is 686 g/mol. The lowest BCUT2D eigenvalue weighted by Gasteiger charge is -2.42. The number of nitrogens with zero attached hydrogens (tertiary/aromatic N) is 4. The standard InChI is InChI=1S/C45H47BN4S/c1-42(2,3)27-15-18-29(19-16-27)49-35-22-17-28(43(4,5)6)23-34(35)46-37-31-13-11-12-14-36(31)51-41(37)50(40-38(46)39(49)47-26-48-40)30-20-21-32-33(24-30)45(9,10)25-44(32,7)8/h11-24,26H,25H2,1-10H3. The Bertz CT molecular complexity index is 2390. The van der Waals surface area contributed by atoms with Crippen LogP contribution in [0.4, 0.5) is 33.7 Å². The Hall–Kier alpha value is -4.42. The summed E-state index contributed by atoms with van der Waals surface area (Å²) >= 11 is 1.89. The van der Waals surface area contributed by atoms with Crippen LogP contribution in [0.5, 0.6) is 0 Å². The third-order valence-corrected chi connectivity index (χ3v) is 12.9. The summed E-state index contributed by atoms with van der Waals surface area (Å²) in [5.74, 6) is 1.93. The molecule has 6 aromatic rings. The van der Waals surface area contributed by atoms with E-state index in [-0.39, 0.29) is 28.4 Å². The van der Waals surface area contributed by atoms with E-state index in [4.69, 9.17) is 9.97 Å². The maximum Gasteiger partial charge on any atom is 0.258 e. The van der Waals surface area contributed by atoms with Crippen LogP contribution in [0.3, 0.4) is 0 Å². The van der Waals surface area contributed by atoms with Crippen molar-refractivity contribution in [1.29, 1.82) is 0 Å². The molecule has 0 spiro atoms. The molecule has 4 heterocycles. The lowest BCUT2D eigenvalue weighted by atomic mass is 9.34. The van der Waals surface area contributed by atoms with Crippen molar-refractivity contribution in [3.63, 3.8) is 0 Å². The lowest BCUT2D eigenvalue weighted by molar-refractivity contribution is 0.403. The van der Waals surface area contributed by atoms with Gasteiger partial charge in [-0.2, -0.15) is 0 Å². The smallest absolute Gasteiger partial charge is 0.258 e. The van der Waals surface area contributed by atoms with E-state index in [1.165, 1.54) is 65.1 Å². The van der Waals surface area contributed by atoms with Gasteiger partial charge in [-0.05, 0) is 103 Å². The molecule has 2 aromatic heterocycles. The highest BCUT2D eigenvalue weighted by atomic mass is 32.1. The number of aromatic nitrogens is 2. The molecule has 0 saturated heterocycles. The number of anilines is 6. The van der Waals surface area contributed by atoms with Crippen LogP contribution in [0.15, 0.2) is 91.3 Å². The second-order valence-corrected chi connectivity index (χ2v) is 19.4. The largest absolute Gasteiger partial charge is 0.296 e. The average Bonchev–Trinajstić information content (AvgIpc) is 3.54. The molecule has 1 aliphatic carbocycles. The molecule has 0 atom stereocenters. The lowest BCUT2D eigenvalue weighted by Crippen LogP contribution is -2.61. The zero-order valence-corrected chi connectivity index (χ0v) is 32.5. The molecule has 256 valence electrons. The van der Waals surface area contributed by atoms with Gasteiger partial charge >= 0.3 is 0 Å². The van der Waals surface area contributed by atoms with Crippen molar-refractivity contribution in [2.24, 2.45) is 0 Å². The zero-order chi connectivity index (χ0) is 35.8. The molecule has 9 rings (SSSR count). The third kappa shape index (κ3) is 4.78. The van der Waals surface area contributed by atoms with Crippen molar-refractivity contribution >= 4 is 78.2 Å². The number of hydrogen-bond acceptors (Lipinski definition) is 5. The molecule has 0 N–H and O–H groups in total. The number of thiophene rings is 1. The fraction of sp³-hybridized carbons (Fsp3) is 0.333. The predicted octanol–water partition coefficient (Wildman–Crippen LogP) is 10.3. The number of rotatable bonds is 2. The van der Waals surface area contributed by atoms with Crippen LogP contribution in [0.2, 0.25) is 0 Å². The van der Waals surface area contributed by atoms with Gasteiger partial charge in [0.1, 0.15) is 18.0 Å². The average molecular weight is 687 g/mol. The van der Waals surface area contributed by atoms with Crippen LogP contribution in [-0.2, 0) is 21.7 Å². The van der Waals surface area contributed by atoms with E-state index in [1.54, 1.807) is 6.33 Å². The SMILES string of the molecule is CC(C)(C)c1ccc(N2c3ccc(C(C)(C)C)cc3B3c4c2ncnc4N(c2ccc4c(c2)C(C)(C)CC4(C)C)c2sc4ccccc4c23)cc1. The van der Waals surface area contributed by atoms with E-state index in [1.807, 2.05) is 11.3 Å². The van der Waals surface area contributed by atoms with Gasteiger partial charge in [-0.3, -0.25) is 9.80 Å². The number of benzene rings is 4. The zero-order valence-electron chi connectivity index (χ0n) is 31.6. The van der Waals surface area contributed by atoms with Gasteiger partial charge in [0.05, 0.1) is 5.00 Å². The van der Waals surface area contributed by atoms with Gasteiger partial charge in [-0.25, -0.2) is 9.97 Å². The Kier molecular flexibility index (Phi) is 6.73. The van der Waals surface area contributed by atoms with Crippen LogP contribution < -0.4 is 26.2 Å². The Morgan fingerprint density at radius 1 is 0.647 bits per heavy atom. The minimum Gasteiger partial charge on any atom is -0.296 e. The predicted molar refractivity (Wildman–Crippen MR) is 220 cm³/mol. The van der Waals surface area contributed by atoms with Crippen LogP contribution in [-0.4, -0.2) is 16.7 Å². The van der Waals surface area contributed by atoms with Crippen LogP contribution in [0.1, 0.15) is 97.9 Å². The molecule has 0 radical (unpaired) electrons. The second-order valence-electron chi connectivity index (χ2n) is 18.4. The van der Waals surface area contributed by atoms with Gasteiger partial charge in [-0.1, -0.05) is 118 Å². The molecule has 3 aliphatic rings. The highest BCUT2D eigenvalue weighted by Gasteiger charge is 2.48. The van der Waals surface area contributed by atoms with Crippen LogP contribution >= 0.6 is 11.3 Å². The summed E-state index contributed by atoms with van der Waals surface area (Å²) in [6, 6.07) is 32.4. The topological polar surface area (TPSA) is 32.3 Å². The summed E-state index contributed by atoms with van der Waals surface area (Å²) in [6.45, 7) is 23.3. The summed E-state index contributed by atoms with van der Waals surface area (Å²) in [7, 11) is 0. The van der Waals surface area contributed by atoms with E-state index in [2.05, 4.69) is 164 Å². The van der Waals surface area contributed by atoms with Crippen LogP contribution in [0, 0.1) is 0 Å². The van der Waals surface area contributed by atoms with E-state index >= 15 is 0 Å². The van der Waals surface area contributed by atoms with E-state index in [0.29, 0.717) is 0 Å². The fourth-order valence-corrected chi connectivity index (χ4v) is 10.6. The minimum absolute atomic E-state index is 0.00421. The molecule has 0 amide bonds. The third-order valence-electron chi connectivity index (χ3n) is 11.7. The summed E-state index contributed by atoms with van der Waals surface area (Å²) in [5, 5.41) is 2.56. The van der Waals surface area contributed by atoms with Crippen molar-refractivity contribution in [3.8, 4) is 0 Å². The number of hydrogen-bond donors (Lipinski definition) is 0. The fourth-order valence-electron chi connectivity index (χ4n) is 9.34. The molecular weight excluding hydrogens is 639 g/mol. The van der Waals surface area contributed by atoms with Crippen molar-refractivity contribution in [2.45, 2.75) is 97.3 Å². The first-order valence-corrected chi connectivity index (χ1v) is 19.2. The number of fused-ring (bicyclic) bond motifs is 7. The van der Waals surface area contributed by atoms with E-state index < -0.39 is 0 Å². The van der Waals surface area contributed by atoms with Crippen molar-refractivity contribution in [1.82, 2.24) is 9.97 Å².